The van der Waals surface area contributed by atoms with Crippen LogP contribution in [0.2, 0.25) is 0 Å². The summed E-state index contributed by atoms with van der Waals surface area (Å²) in [5.41, 5.74) is 0. The number of carbonyl (C=O) groups is 1. The van der Waals surface area contributed by atoms with Crippen LogP contribution in [0.5, 0.6) is 5.75 Å². The minimum Gasteiger partial charge on any atom is -0.484 e. The fourth-order valence-corrected chi connectivity index (χ4v) is 3.97. The summed E-state index contributed by atoms with van der Waals surface area (Å²) in [6.07, 6.45) is 6.44. The van der Waals surface area contributed by atoms with Gasteiger partial charge in [0.15, 0.2) is 12.4 Å². The number of carbonyl (C=O) groups excluding carboxylic acids is 1. The fraction of sp³-hybridized carbons (Fsp3) is 0.550. The number of piperidine rings is 1. The van der Waals surface area contributed by atoms with Gasteiger partial charge in [0.05, 0.1) is 0 Å². The van der Waals surface area contributed by atoms with Crippen LogP contribution < -0.4 is 4.74 Å². The van der Waals surface area contributed by atoms with Gasteiger partial charge in [-0.15, -0.1) is 0 Å². The third-order valence-electron chi connectivity index (χ3n) is 5.39. The van der Waals surface area contributed by atoms with E-state index < -0.39 is 0 Å². The normalized spacial score (nSPS) is 21.1. The molecule has 1 atom stereocenters. The van der Waals surface area contributed by atoms with E-state index in [1.54, 1.807) is 0 Å². The highest BCUT2D eigenvalue weighted by Crippen LogP contribution is 2.30. The smallest absolute Gasteiger partial charge is 0.264 e. The Morgan fingerprint density at radius 1 is 1.15 bits per heavy atom. The molecular weight excluding hydrogens is 330 g/mol. The van der Waals surface area contributed by atoms with Crippen molar-refractivity contribution in [2.24, 2.45) is 5.92 Å². The molecule has 6 nitrogen and oxygen atoms in total. The number of amides is 1. The zero-order valence-electron chi connectivity index (χ0n) is 15.0. The third-order valence-corrected chi connectivity index (χ3v) is 5.39. The van der Waals surface area contributed by atoms with Crippen LogP contribution in [0.25, 0.3) is 0 Å². The number of aromatic nitrogens is 2. The van der Waals surface area contributed by atoms with Crippen molar-refractivity contribution in [1.82, 2.24) is 15.0 Å². The van der Waals surface area contributed by atoms with Crippen LogP contribution in [0, 0.1) is 5.92 Å². The van der Waals surface area contributed by atoms with Gasteiger partial charge in [0.25, 0.3) is 5.89 Å². The molecule has 0 radical (unpaired) electrons. The van der Waals surface area contributed by atoms with Crippen LogP contribution >= 0.6 is 0 Å². The molecule has 26 heavy (non-hydrogen) atoms. The first-order chi connectivity index (χ1) is 12.8. The summed E-state index contributed by atoms with van der Waals surface area (Å²) in [6, 6.07) is 9.58. The monoisotopic (exact) mass is 355 g/mol. The highest BCUT2D eigenvalue weighted by molar-refractivity contribution is 5.79. The Labute approximate surface area is 153 Å². The number of hydrogen-bond donors (Lipinski definition) is 0. The predicted octanol–water partition coefficient (Wildman–Crippen LogP) is 3.54. The van der Waals surface area contributed by atoms with Crippen molar-refractivity contribution in [3.63, 3.8) is 0 Å². The maximum absolute atomic E-state index is 12.7. The number of para-hydroxylation sites is 1. The summed E-state index contributed by atoms with van der Waals surface area (Å²) in [5, 5.41) is 4.14. The lowest BCUT2D eigenvalue weighted by molar-refractivity contribution is -0.136. The minimum absolute atomic E-state index is 0.156. The van der Waals surface area contributed by atoms with E-state index in [1.165, 1.54) is 12.8 Å². The molecule has 1 saturated carbocycles. The number of nitrogens with zero attached hydrogens (tertiary/aromatic N) is 3. The first-order valence-corrected chi connectivity index (χ1v) is 9.59. The van der Waals surface area contributed by atoms with Gasteiger partial charge < -0.3 is 14.2 Å². The second kappa shape index (κ2) is 7.89. The number of hydrogen-bond acceptors (Lipinski definition) is 5. The number of rotatable bonds is 5. The molecule has 0 spiro atoms. The van der Waals surface area contributed by atoms with Gasteiger partial charge in [-0.3, -0.25) is 4.79 Å². The average Bonchev–Trinajstić information content (AvgIpc) is 3.39. The van der Waals surface area contributed by atoms with Crippen molar-refractivity contribution in [3.05, 3.63) is 42.0 Å². The van der Waals surface area contributed by atoms with Crippen LogP contribution in [0.15, 0.2) is 34.9 Å². The zero-order chi connectivity index (χ0) is 17.8. The lowest BCUT2D eigenvalue weighted by Gasteiger charge is -2.33. The summed E-state index contributed by atoms with van der Waals surface area (Å²) in [5.74, 6) is 2.66. The van der Waals surface area contributed by atoms with Crippen molar-refractivity contribution < 1.29 is 14.1 Å². The summed E-state index contributed by atoms with van der Waals surface area (Å²) in [7, 11) is 0. The topological polar surface area (TPSA) is 68.5 Å². The van der Waals surface area contributed by atoms with Crippen molar-refractivity contribution >= 4 is 5.91 Å². The Bertz CT molecular complexity index is 725. The summed E-state index contributed by atoms with van der Waals surface area (Å²) >= 11 is 0. The van der Waals surface area contributed by atoms with Gasteiger partial charge in [-0.25, -0.2) is 0 Å². The van der Waals surface area contributed by atoms with Crippen molar-refractivity contribution in [2.75, 3.05) is 13.1 Å². The van der Waals surface area contributed by atoms with Crippen LogP contribution in [-0.4, -0.2) is 34.0 Å². The molecule has 2 aliphatic rings. The minimum atomic E-state index is 0.156. The Morgan fingerprint density at radius 2 is 1.96 bits per heavy atom. The summed E-state index contributed by atoms with van der Waals surface area (Å²) in [6.45, 7) is 1.82. The molecule has 1 aliphatic heterocycles. The van der Waals surface area contributed by atoms with Crippen LogP contribution in [0.4, 0.5) is 0 Å². The SMILES string of the molecule is O=C(C1CCCC1)N1CCCC(c2noc(COc3ccccc3)n2)C1. The van der Waals surface area contributed by atoms with Crippen molar-refractivity contribution in [3.8, 4) is 5.75 Å². The van der Waals surface area contributed by atoms with Gasteiger partial charge in [-0.1, -0.05) is 36.2 Å². The van der Waals surface area contributed by atoms with E-state index >= 15 is 0 Å². The number of ether oxygens (including phenoxy) is 1. The molecule has 1 unspecified atom stereocenters. The first kappa shape index (κ1) is 17.1. The Balaban J connectivity index is 1.35. The van der Waals surface area contributed by atoms with E-state index in [-0.39, 0.29) is 18.4 Å². The molecule has 1 aliphatic carbocycles. The lowest BCUT2D eigenvalue weighted by Crippen LogP contribution is -2.42. The van der Waals surface area contributed by atoms with Gasteiger partial charge in [0, 0.05) is 24.9 Å². The molecule has 1 saturated heterocycles. The summed E-state index contributed by atoms with van der Waals surface area (Å²) in [4.78, 5) is 19.2. The van der Waals surface area contributed by atoms with Gasteiger partial charge in [0.2, 0.25) is 5.91 Å². The molecule has 1 amide bonds. The van der Waals surface area contributed by atoms with E-state index in [0.717, 1.165) is 38.0 Å². The molecule has 4 rings (SSSR count). The maximum atomic E-state index is 12.7. The van der Waals surface area contributed by atoms with Crippen molar-refractivity contribution in [1.29, 1.82) is 0 Å². The zero-order valence-corrected chi connectivity index (χ0v) is 15.0. The Hall–Kier alpha value is -2.37. The molecule has 1 aromatic heterocycles. The Morgan fingerprint density at radius 3 is 2.77 bits per heavy atom. The van der Waals surface area contributed by atoms with Crippen LogP contribution in [0.1, 0.15) is 56.2 Å². The van der Waals surface area contributed by atoms with Crippen LogP contribution in [0.3, 0.4) is 0 Å². The van der Waals surface area contributed by atoms with Gasteiger partial charge in [0.1, 0.15) is 5.75 Å². The molecule has 0 bridgehead atoms. The highest BCUT2D eigenvalue weighted by atomic mass is 16.5. The van der Waals surface area contributed by atoms with E-state index in [2.05, 4.69) is 10.1 Å². The average molecular weight is 355 g/mol. The Kier molecular flexibility index (Phi) is 5.18. The van der Waals surface area contributed by atoms with Crippen molar-refractivity contribution in [2.45, 2.75) is 51.0 Å². The molecule has 6 heteroatoms. The fourth-order valence-electron chi connectivity index (χ4n) is 3.97. The molecule has 1 aromatic carbocycles. The van der Waals surface area contributed by atoms with E-state index in [1.807, 2.05) is 35.2 Å². The van der Waals surface area contributed by atoms with E-state index in [9.17, 15) is 4.79 Å². The molecule has 138 valence electrons. The predicted molar refractivity (Wildman–Crippen MR) is 95.6 cm³/mol. The molecular formula is C20H25N3O3. The quantitative estimate of drug-likeness (QED) is 0.820. The largest absolute Gasteiger partial charge is 0.484 e. The molecule has 2 aromatic rings. The molecule has 2 heterocycles. The summed E-state index contributed by atoms with van der Waals surface area (Å²) < 4.78 is 11.0. The lowest BCUT2D eigenvalue weighted by atomic mass is 9.95. The first-order valence-electron chi connectivity index (χ1n) is 9.59. The molecule has 2 fully saturated rings. The van der Waals surface area contributed by atoms with Gasteiger partial charge in [-0.05, 0) is 37.8 Å². The molecule has 0 N–H and O–H groups in total. The van der Waals surface area contributed by atoms with E-state index in [4.69, 9.17) is 9.26 Å². The third kappa shape index (κ3) is 3.89. The number of benzene rings is 1. The standard InChI is InChI=1S/C20H25N3O3/c24-20(15-7-4-5-8-15)23-12-6-9-16(13-23)19-21-18(26-22-19)14-25-17-10-2-1-3-11-17/h1-3,10-11,15-16H,4-9,12-14H2. The number of likely N-dealkylation sites (tertiary alicyclic amines) is 1. The highest BCUT2D eigenvalue weighted by Gasteiger charge is 2.32. The van der Waals surface area contributed by atoms with Gasteiger partial charge in [-0.2, -0.15) is 4.98 Å². The van der Waals surface area contributed by atoms with Gasteiger partial charge >= 0.3 is 0 Å². The second-order valence-electron chi connectivity index (χ2n) is 7.25. The second-order valence-corrected chi connectivity index (χ2v) is 7.25. The maximum Gasteiger partial charge on any atom is 0.264 e. The van der Waals surface area contributed by atoms with E-state index in [0.29, 0.717) is 24.2 Å². The van der Waals surface area contributed by atoms with Crippen LogP contribution in [-0.2, 0) is 11.4 Å².